The van der Waals surface area contributed by atoms with E-state index in [1.807, 2.05) is 60.4 Å². The van der Waals surface area contributed by atoms with Gasteiger partial charge in [0, 0.05) is 42.5 Å². The second-order valence-electron chi connectivity index (χ2n) is 7.68. The van der Waals surface area contributed by atoms with Crippen molar-refractivity contribution in [2.75, 3.05) is 36.4 Å². The molecule has 4 aromatic rings. The molecule has 2 aromatic carbocycles. The van der Waals surface area contributed by atoms with Gasteiger partial charge in [-0.25, -0.2) is 14.8 Å². The molecule has 0 aliphatic carbocycles. The van der Waals surface area contributed by atoms with Gasteiger partial charge in [-0.2, -0.15) is 4.37 Å². The van der Waals surface area contributed by atoms with E-state index in [-0.39, 0.29) is 6.03 Å². The third kappa shape index (κ3) is 4.11. The highest BCUT2D eigenvalue weighted by molar-refractivity contribution is 7.14. The maximum atomic E-state index is 12.6. The van der Waals surface area contributed by atoms with Crippen LogP contribution in [0.3, 0.4) is 0 Å². The number of benzene rings is 2. The van der Waals surface area contributed by atoms with E-state index in [4.69, 9.17) is 11.6 Å². The summed E-state index contributed by atoms with van der Waals surface area (Å²) in [5.74, 6) is 0.867. The third-order valence-corrected chi connectivity index (χ3v) is 6.61. The van der Waals surface area contributed by atoms with E-state index in [0.717, 1.165) is 38.5 Å². The molecule has 7 nitrogen and oxygen atoms in total. The molecule has 32 heavy (non-hydrogen) atoms. The van der Waals surface area contributed by atoms with Gasteiger partial charge in [0.25, 0.3) is 0 Å². The number of fused-ring (bicyclic) bond motifs is 1. The van der Waals surface area contributed by atoms with Crippen molar-refractivity contribution in [2.24, 2.45) is 0 Å². The van der Waals surface area contributed by atoms with Crippen LogP contribution >= 0.6 is 23.1 Å². The summed E-state index contributed by atoms with van der Waals surface area (Å²) in [6.45, 7) is 4.65. The number of anilines is 2. The predicted octanol–water partition coefficient (Wildman–Crippen LogP) is 5.07. The highest BCUT2D eigenvalue weighted by Gasteiger charge is 2.25. The molecule has 0 atom stereocenters. The molecule has 1 saturated heterocycles. The zero-order valence-electron chi connectivity index (χ0n) is 17.5. The van der Waals surface area contributed by atoms with Crippen molar-refractivity contribution in [3.63, 3.8) is 0 Å². The molecular formula is C23H21ClN6OS. The van der Waals surface area contributed by atoms with Crippen LogP contribution in [0.15, 0.2) is 54.9 Å². The van der Waals surface area contributed by atoms with Gasteiger partial charge < -0.3 is 15.1 Å². The maximum Gasteiger partial charge on any atom is 0.321 e. The monoisotopic (exact) mass is 464 g/mol. The number of amides is 2. The highest BCUT2D eigenvalue weighted by atomic mass is 35.5. The van der Waals surface area contributed by atoms with Crippen molar-refractivity contribution in [2.45, 2.75) is 6.92 Å². The van der Waals surface area contributed by atoms with Crippen molar-refractivity contribution in [3.05, 3.63) is 65.4 Å². The van der Waals surface area contributed by atoms with E-state index < -0.39 is 0 Å². The molecule has 5 rings (SSSR count). The first kappa shape index (κ1) is 20.7. The van der Waals surface area contributed by atoms with Crippen LogP contribution in [0.1, 0.15) is 5.56 Å². The summed E-state index contributed by atoms with van der Waals surface area (Å²) in [6.07, 6.45) is 1.59. The molecule has 2 aromatic heterocycles. The van der Waals surface area contributed by atoms with Gasteiger partial charge in [-0.15, -0.1) is 0 Å². The smallest absolute Gasteiger partial charge is 0.321 e. The topological polar surface area (TPSA) is 74.2 Å². The van der Waals surface area contributed by atoms with E-state index in [2.05, 4.69) is 24.6 Å². The number of carbonyl (C=O) groups is 1. The number of hydrogen-bond donors (Lipinski definition) is 1. The summed E-state index contributed by atoms with van der Waals surface area (Å²) in [5, 5.41) is 3.66. The van der Waals surface area contributed by atoms with Crippen LogP contribution in [0.5, 0.6) is 0 Å². The molecule has 3 heterocycles. The second kappa shape index (κ2) is 8.72. The Hall–Kier alpha value is -3.23. The minimum Gasteiger partial charge on any atom is -0.352 e. The fourth-order valence-corrected chi connectivity index (χ4v) is 4.73. The first-order valence-electron chi connectivity index (χ1n) is 10.3. The fraction of sp³-hybridized carbons (Fsp3) is 0.217. The number of carbonyl (C=O) groups excluding carboxylic acids is 1. The van der Waals surface area contributed by atoms with Crippen molar-refractivity contribution < 1.29 is 4.79 Å². The molecule has 2 amide bonds. The molecule has 162 valence electrons. The van der Waals surface area contributed by atoms with Crippen molar-refractivity contribution in [3.8, 4) is 11.3 Å². The number of aryl methyl sites for hydroxylation is 1. The lowest BCUT2D eigenvalue weighted by atomic mass is 10.1. The second-order valence-corrected chi connectivity index (χ2v) is 8.89. The first-order valence-corrected chi connectivity index (χ1v) is 11.5. The molecular weight excluding hydrogens is 444 g/mol. The van der Waals surface area contributed by atoms with Crippen molar-refractivity contribution in [1.29, 1.82) is 0 Å². The quantitative estimate of drug-likeness (QED) is 0.458. The van der Waals surface area contributed by atoms with Gasteiger partial charge in [0.2, 0.25) is 0 Å². The minimum atomic E-state index is -0.0795. The standard InChI is InChI=1S/C23H21ClN6OS/c1-15-2-8-18(9-3-15)27-23(31)30-12-10-29(11-13-30)22-21-20(25-14-26-22)19(28-32-21)16-4-6-17(24)7-5-16/h2-9,14H,10-13H2,1H3,(H,27,31). The molecule has 1 aliphatic heterocycles. The van der Waals surface area contributed by atoms with Crippen LogP contribution in [-0.4, -0.2) is 51.5 Å². The summed E-state index contributed by atoms with van der Waals surface area (Å²) in [4.78, 5) is 25.7. The van der Waals surface area contributed by atoms with E-state index in [0.29, 0.717) is 31.2 Å². The third-order valence-electron chi connectivity index (χ3n) is 5.52. The van der Waals surface area contributed by atoms with Crippen molar-refractivity contribution >= 4 is 50.9 Å². The average Bonchev–Trinajstić information content (AvgIpc) is 3.25. The summed E-state index contributed by atoms with van der Waals surface area (Å²) in [7, 11) is 0. The number of nitrogens with zero attached hydrogens (tertiary/aromatic N) is 5. The molecule has 1 N–H and O–H groups in total. The minimum absolute atomic E-state index is 0.0795. The van der Waals surface area contributed by atoms with E-state index in [9.17, 15) is 4.79 Å². The molecule has 1 aliphatic rings. The summed E-state index contributed by atoms with van der Waals surface area (Å²) in [5.41, 5.74) is 4.61. The number of aromatic nitrogens is 3. The van der Waals surface area contributed by atoms with E-state index in [1.165, 1.54) is 11.5 Å². The number of piperazine rings is 1. The Kier molecular flexibility index (Phi) is 5.63. The van der Waals surface area contributed by atoms with Gasteiger partial charge in [-0.1, -0.05) is 41.4 Å². The Morgan fingerprint density at radius 3 is 2.44 bits per heavy atom. The molecule has 9 heteroatoms. The van der Waals surface area contributed by atoms with Crippen LogP contribution in [0, 0.1) is 6.92 Å². The highest BCUT2D eigenvalue weighted by Crippen LogP contribution is 2.34. The Morgan fingerprint density at radius 2 is 1.72 bits per heavy atom. The molecule has 0 unspecified atom stereocenters. The zero-order valence-corrected chi connectivity index (χ0v) is 19.0. The van der Waals surface area contributed by atoms with Crippen LogP contribution in [0.25, 0.3) is 21.5 Å². The lowest BCUT2D eigenvalue weighted by molar-refractivity contribution is 0.208. The first-order chi connectivity index (χ1) is 15.6. The van der Waals surface area contributed by atoms with Gasteiger partial charge in [-0.3, -0.25) is 0 Å². The average molecular weight is 465 g/mol. The maximum absolute atomic E-state index is 12.6. The Bertz CT molecular complexity index is 1250. The Labute approximate surface area is 194 Å². The summed E-state index contributed by atoms with van der Waals surface area (Å²) in [6, 6.07) is 15.3. The molecule has 0 radical (unpaired) electrons. The largest absolute Gasteiger partial charge is 0.352 e. The number of nitrogens with one attached hydrogen (secondary N) is 1. The van der Waals surface area contributed by atoms with Crippen LogP contribution in [0.2, 0.25) is 5.02 Å². The van der Waals surface area contributed by atoms with Gasteiger partial charge in [0.1, 0.15) is 22.2 Å². The van der Waals surface area contributed by atoms with Crippen LogP contribution in [0.4, 0.5) is 16.3 Å². The Balaban J connectivity index is 1.30. The molecule has 0 saturated carbocycles. The zero-order chi connectivity index (χ0) is 22.1. The number of hydrogen-bond acceptors (Lipinski definition) is 6. The Morgan fingerprint density at radius 1 is 1.00 bits per heavy atom. The van der Waals surface area contributed by atoms with Gasteiger partial charge in [0.15, 0.2) is 5.82 Å². The summed E-state index contributed by atoms with van der Waals surface area (Å²) < 4.78 is 5.60. The number of urea groups is 1. The van der Waals surface area contributed by atoms with Gasteiger partial charge >= 0.3 is 6.03 Å². The van der Waals surface area contributed by atoms with Crippen LogP contribution in [-0.2, 0) is 0 Å². The molecule has 0 spiro atoms. The van der Waals surface area contributed by atoms with Gasteiger partial charge in [0.05, 0.1) is 0 Å². The molecule has 0 bridgehead atoms. The SMILES string of the molecule is Cc1ccc(NC(=O)N2CCN(c3ncnc4c(-c5ccc(Cl)cc5)nsc34)CC2)cc1. The number of rotatable bonds is 3. The van der Waals surface area contributed by atoms with E-state index >= 15 is 0 Å². The lowest BCUT2D eigenvalue weighted by Crippen LogP contribution is -2.50. The van der Waals surface area contributed by atoms with E-state index in [1.54, 1.807) is 6.33 Å². The normalized spacial score (nSPS) is 14.1. The predicted molar refractivity (Wildman–Crippen MR) is 130 cm³/mol. The number of halogens is 1. The molecule has 1 fully saturated rings. The van der Waals surface area contributed by atoms with Gasteiger partial charge in [-0.05, 0) is 42.7 Å². The lowest BCUT2D eigenvalue weighted by Gasteiger charge is -2.35. The fourth-order valence-electron chi connectivity index (χ4n) is 3.73. The summed E-state index contributed by atoms with van der Waals surface area (Å²) >= 11 is 7.42. The van der Waals surface area contributed by atoms with Crippen LogP contribution < -0.4 is 10.2 Å². The van der Waals surface area contributed by atoms with Crippen molar-refractivity contribution in [1.82, 2.24) is 19.2 Å².